The van der Waals surface area contributed by atoms with E-state index >= 15 is 0 Å². The highest BCUT2D eigenvalue weighted by Crippen LogP contribution is 2.05. The standard InChI is InChI=1S/C12H20N6O2/c1-13-11(19)9-18-7-10(6-15-18)16-12(20)8-17-4-2-14-3-5-17/h6-7,14H,2-5,8-9H2,1H3,(H,13,19)(H,16,20). The van der Waals surface area contributed by atoms with Crippen LogP contribution in [0.4, 0.5) is 5.69 Å². The number of anilines is 1. The molecule has 1 saturated heterocycles. The van der Waals surface area contributed by atoms with E-state index in [1.807, 2.05) is 0 Å². The summed E-state index contributed by atoms with van der Waals surface area (Å²) in [5, 5.41) is 12.6. The van der Waals surface area contributed by atoms with Crippen LogP contribution in [0.2, 0.25) is 0 Å². The Morgan fingerprint density at radius 3 is 2.75 bits per heavy atom. The number of carbonyl (C=O) groups is 2. The Morgan fingerprint density at radius 2 is 2.05 bits per heavy atom. The third-order valence-electron chi connectivity index (χ3n) is 3.08. The van der Waals surface area contributed by atoms with Gasteiger partial charge in [0.05, 0.1) is 18.4 Å². The Labute approximate surface area is 117 Å². The van der Waals surface area contributed by atoms with Crippen LogP contribution in [-0.2, 0) is 16.1 Å². The van der Waals surface area contributed by atoms with Crippen LogP contribution in [0.3, 0.4) is 0 Å². The maximum absolute atomic E-state index is 11.9. The first-order valence-electron chi connectivity index (χ1n) is 6.63. The lowest BCUT2D eigenvalue weighted by atomic mass is 10.3. The largest absolute Gasteiger partial charge is 0.358 e. The highest BCUT2D eigenvalue weighted by Gasteiger charge is 2.14. The van der Waals surface area contributed by atoms with Crippen LogP contribution in [-0.4, -0.2) is 66.3 Å². The smallest absolute Gasteiger partial charge is 0.241 e. The molecule has 1 aliphatic heterocycles. The average Bonchev–Trinajstić information content (AvgIpc) is 2.86. The second-order valence-corrected chi connectivity index (χ2v) is 4.67. The lowest BCUT2D eigenvalue weighted by molar-refractivity contribution is -0.121. The van der Waals surface area contributed by atoms with Gasteiger partial charge in [0.1, 0.15) is 6.54 Å². The summed E-state index contributed by atoms with van der Waals surface area (Å²) in [5.74, 6) is -0.196. The molecular formula is C12H20N6O2. The number of likely N-dealkylation sites (N-methyl/N-ethyl adjacent to an activating group) is 1. The first kappa shape index (κ1) is 14.5. The van der Waals surface area contributed by atoms with Crippen LogP contribution in [0.25, 0.3) is 0 Å². The van der Waals surface area contributed by atoms with E-state index in [0.717, 1.165) is 26.2 Å². The zero-order valence-corrected chi connectivity index (χ0v) is 11.6. The first-order valence-corrected chi connectivity index (χ1v) is 6.63. The summed E-state index contributed by atoms with van der Waals surface area (Å²) in [4.78, 5) is 25.2. The minimum absolute atomic E-state index is 0.0635. The van der Waals surface area contributed by atoms with E-state index in [2.05, 4.69) is 25.9 Å². The number of rotatable bonds is 5. The number of carbonyl (C=O) groups excluding carboxylic acids is 2. The quantitative estimate of drug-likeness (QED) is 0.609. The van der Waals surface area contributed by atoms with Crippen molar-refractivity contribution in [2.24, 2.45) is 0 Å². The predicted octanol–water partition coefficient (Wildman–Crippen LogP) is -1.53. The van der Waals surface area contributed by atoms with Gasteiger partial charge in [0, 0.05) is 39.4 Å². The van der Waals surface area contributed by atoms with Crippen molar-refractivity contribution in [3.63, 3.8) is 0 Å². The molecule has 0 atom stereocenters. The van der Waals surface area contributed by atoms with Crippen LogP contribution >= 0.6 is 0 Å². The third-order valence-corrected chi connectivity index (χ3v) is 3.08. The molecule has 20 heavy (non-hydrogen) atoms. The molecule has 0 spiro atoms. The molecule has 2 amide bonds. The number of nitrogens with zero attached hydrogens (tertiary/aromatic N) is 3. The van der Waals surface area contributed by atoms with Crippen LogP contribution in [0, 0.1) is 0 Å². The summed E-state index contributed by atoms with van der Waals surface area (Å²) < 4.78 is 1.49. The summed E-state index contributed by atoms with van der Waals surface area (Å²) in [6, 6.07) is 0. The lowest BCUT2D eigenvalue weighted by Gasteiger charge is -2.26. The Morgan fingerprint density at radius 1 is 1.30 bits per heavy atom. The van der Waals surface area contributed by atoms with Gasteiger partial charge in [0.25, 0.3) is 0 Å². The van der Waals surface area contributed by atoms with Crippen molar-refractivity contribution in [1.82, 2.24) is 25.3 Å². The Bertz CT molecular complexity index is 466. The van der Waals surface area contributed by atoms with Gasteiger partial charge in [0.15, 0.2) is 0 Å². The molecule has 0 radical (unpaired) electrons. The molecule has 3 N–H and O–H groups in total. The van der Waals surface area contributed by atoms with Gasteiger partial charge < -0.3 is 16.0 Å². The SMILES string of the molecule is CNC(=O)Cn1cc(NC(=O)CN2CCNCC2)cn1. The number of piperazine rings is 1. The Hall–Kier alpha value is -1.93. The van der Waals surface area contributed by atoms with Gasteiger partial charge in [-0.3, -0.25) is 19.2 Å². The molecule has 0 aromatic carbocycles. The van der Waals surface area contributed by atoms with E-state index in [1.54, 1.807) is 19.4 Å². The maximum Gasteiger partial charge on any atom is 0.241 e. The number of amides is 2. The number of hydrogen-bond acceptors (Lipinski definition) is 5. The van der Waals surface area contributed by atoms with E-state index in [9.17, 15) is 9.59 Å². The van der Waals surface area contributed by atoms with Crippen LogP contribution in [0.1, 0.15) is 0 Å². The number of hydrogen-bond donors (Lipinski definition) is 3. The molecule has 0 aliphatic carbocycles. The fourth-order valence-corrected chi connectivity index (χ4v) is 2.01. The van der Waals surface area contributed by atoms with Crippen molar-refractivity contribution in [3.8, 4) is 0 Å². The van der Waals surface area contributed by atoms with Crippen molar-refractivity contribution in [1.29, 1.82) is 0 Å². The second-order valence-electron chi connectivity index (χ2n) is 4.67. The monoisotopic (exact) mass is 280 g/mol. The van der Waals surface area contributed by atoms with Crippen molar-refractivity contribution in [2.45, 2.75) is 6.54 Å². The molecule has 2 heterocycles. The van der Waals surface area contributed by atoms with Gasteiger partial charge in [-0.05, 0) is 0 Å². The van der Waals surface area contributed by atoms with Crippen molar-refractivity contribution in [3.05, 3.63) is 12.4 Å². The number of nitrogens with one attached hydrogen (secondary N) is 3. The molecule has 110 valence electrons. The molecule has 1 aromatic rings. The van der Waals surface area contributed by atoms with Crippen LogP contribution in [0.5, 0.6) is 0 Å². The molecular weight excluding hydrogens is 260 g/mol. The maximum atomic E-state index is 11.9. The zero-order valence-electron chi connectivity index (χ0n) is 11.6. The normalized spacial score (nSPS) is 15.8. The summed E-state index contributed by atoms with van der Waals surface area (Å²) in [7, 11) is 1.57. The molecule has 8 heteroatoms. The molecule has 0 bridgehead atoms. The summed E-state index contributed by atoms with van der Waals surface area (Å²) >= 11 is 0. The molecule has 1 aliphatic rings. The van der Waals surface area contributed by atoms with E-state index in [4.69, 9.17) is 0 Å². The van der Waals surface area contributed by atoms with Gasteiger partial charge in [-0.25, -0.2) is 0 Å². The van der Waals surface area contributed by atoms with Gasteiger partial charge in [0.2, 0.25) is 11.8 Å². The fraction of sp³-hybridized carbons (Fsp3) is 0.583. The second kappa shape index (κ2) is 7.01. The van der Waals surface area contributed by atoms with Crippen molar-refractivity contribution in [2.75, 3.05) is 45.1 Å². The van der Waals surface area contributed by atoms with Gasteiger partial charge in [-0.2, -0.15) is 5.10 Å². The summed E-state index contributed by atoms with van der Waals surface area (Å²) in [6.07, 6.45) is 3.18. The minimum Gasteiger partial charge on any atom is -0.358 e. The minimum atomic E-state index is -0.133. The lowest BCUT2D eigenvalue weighted by Crippen LogP contribution is -2.46. The highest BCUT2D eigenvalue weighted by atomic mass is 16.2. The van der Waals surface area contributed by atoms with E-state index in [0.29, 0.717) is 12.2 Å². The highest BCUT2D eigenvalue weighted by molar-refractivity contribution is 5.92. The summed E-state index contributed by atoms with van der Waals surface area (Å²) in [6.45, 7) is 4.11. The zero-order chi connectivity index (χ0) is 14.4. The molecule has 1 fully saturated rings. The van der Waals surface area contributed by atoms with E-state index < -0.39 is 0 Å². The predicted molar refractivity (Wildman–Crippen MR) is 74.2 cm³/mol. The average molecular weight is 280 g/mol. The van der Waals surface area contributed by atoms with Gasteiger partial charge in [-0.1, -0.05) is 0 Å². The van der Waals surface area contributed by atoms with E-state index in [1.165, 1.54) is 4.68 Å². The molecule has 8 nitrogen and oxygen atoms in total. The molecule has 2 rings (SSSR count). The van der Waals surface area contributed by atoms with Gasteiger partial charge >= 0.3 is 0 Å². The van der Waals surface area contributed by atoms with Crippen molar-refractivity contribution < 1.29 is 9.59 Å². The first-order chi connectivity index (χ1) is 9.67. The Balaban J connectivity index is 1.80. The Kier molecular flexibility index (Phi) is 5.08. The molecule has 1 aromatic heterocycles. The summed E-state index contributed by atoms with van der Waals surface area (Å²) in [5.41, 5.74) is 0.606. The molecule has 0 saturated carbocycles. The van der Waals surface area contributed by atoms with Gasteiger partial charge in [-0.15, -0.1) is 0 Å². The fourth-order valence-electron chi connectivity index (χ4n) is 2.01. The molecule has 0 unspecified atom stereocenters. The van der Waals surface area contributed by atoms with E-state index in [-0.39, 0.29) is 18.4 Å². The van der Waals surface area contributed by atoms with Crippen LogP contribution in [0.15, 0.2) is 12.4 Å². The third kappa shape index (κ3) is 4.32. The van der Waals surface area contributed by atoms with Crippen LogP contribution < -0.4 is 16.0 Å². The van der Waals surface area contributed by atoms with Crippen molar-refractivity contribution >= 4 is 17.5 Å². The number of aromatic nitrogens is 2. The topological polar surface area (TPSA) is 91.3 Å².